The Hall–Kier alpha value is -7.87. The number of carbonyl (C=O) groups is 14. The number of fused-ring (bicyclic) bond motifs is 6. The molecule has 2 bridgehead atoms. The summed E-state index contributed by atoms with van der Waals surface area (Å²) in [7, 11) is 3.66. The molecule has 37 heteroatoms. The van der Waals surface area contributed by atoms with Crippen LogP contribution in [0, 0.1) is 11.8 Å². The van der Waals surface area contributed by atoms with Crippen LogP contribution in [0.3, 0.4) is 0 Å². The lowest BCUT2D eigenvalue weighted by molar-refractivity contribution is -0.142. The summed E-state index contributed by atoms with van der Waals surface area (Å²) in [6, 6.07) is -9.86. The third kappa shape index (κ3) is 24.1. The quantitative estimate of drug-likeness (QED) is 0.0490. The lowest BCUT2D eigenvalue weighted by Crippen LogP contribution is -2.61. The van der Waals surface area contributed by atoms with Crippen LogP contribution in [0.5, 0.6) is 5.75 Å². The van der Waals surface area contributed by atoms with Gasteiger partial charge in [0.25, 0.3) is 0 Å². The van der Waals surface area contributed by atoms with Gasteiger partial charge in [-0.15, -0.1) is 0 Å². The largest absolute Gasteiger partial charge is 0.508 e. The molecule has 33 nitrogen and oxygen atoms in total. The number of nitrogens with one attached hydrogen (secondary N) is 13. The maximum absolute atomic E-state index is 15.0. The molecule has 95 heavy (non-hydrogen) atoms. The standard InChI is InChI=1S/C58H85N17O16S4/c1-28(2)15-36-52(85)72-41-25-95-93-24-40(50(83)63-20-45(79)66-37(16-30-8-10-32(76)11-9-30)53(86)67-34(51(84)68-36)7-5-6-14-59)71-55(88)42(73-57(90)47(29(3)4)74-46(80)21-62-49(82)35-12-13-44(78)65-35)26-94-92-23-39(48(60)81)70-56(89)43-18-33(77)22-75(43)58(91)38(69-54(41)87)17-31-19-61-27-64-31/h8-11,19,27-29,33-43,47,76-77H,5-7,12-18,20-26,59H2,1-4H3,(H2,60,81)(H,61,64)(H,62,82)(H,63,83)(H,65,78)(H,66,79)(H,67,86)(H,68,84)(H,69,87)(H,70,89)(H,71,88)(H,72,85)(H,73,90)(H,74,80)/t33-,34-,35+,36+,37+,38+,39+,40+,41+,42+,43+,47+/m1/s1. The Bertz CT molecular complexity index is 3080. The van der Waals surface area contributed by atoms with Gasteiger partial charge in [-0.1, -0.05) is 83.0 Å². The number of primary amides is 1. The second kappa shape index (κ2) is 37.4. The van der Waals surface area contributed by atoms with Crippen molar-refractivity contribution in [1.29, 1.82) is 0 Å². The minimum Gasteiger partial charge on any atom is -0.508 e. The van der Waals surface area contributed by atoms with E-state index in [0.29, 0.717) is 24.1 Å². The number of carbonyl (C=O) groups excluding carboxylic acids is 14. The van der Waals surface area contributed by atoms with E-state index in [1.165, 1.54) is 36.8 Å². The molecule has 522 valence electrons. The lowest BCUT2D eigenvalue weighted by atomic mass is 10.0. The number of hydrogen-bond acceptors (Lipinski definition) is 22. The van der Waals surface area contributed by atoms with Crippen LogP contribution in [0.2, 0.25) is 0 Å². The Morgan fingerprint density at radius 2 is 1.34 bits per heavy atom. The van der Waals surface area contributed by atoms with E-state index in [1.54, 1.807) is 27.7 Å². The Morgan fingerprint density at radius 1 is 0.695 bits per heavy atom. The number of nitrogens with zero attached hydrogens (tertiary/aromatic N) is 2. The fourth-order valence-electron chi connectivity index (χ4n) is 10.4. The van der Waals surface area contributed by atoms with Crippen molar-refractivity contribution >= 4 is 126 Å². The van der Waals surface area contributed by atoms with Gasteiger partial charge >= 0.3 is 0 Å². The van der Waals surface area contributed by atoms with Crippen molar-refractivity contribution in [3.63, 3.8) is 0 Å². The van der Waals surface area contributed by atoms with E-state index in [0.717, 1.165) is 48.1 Å². The summed E-state index contributed by atoms with van der Waals surface area (Å²) in [5, 5.41) is 52.3. The molecule has 1 aromatic heterocycles. The van der Waals surface area contributed by atoms with Crippen LogP contribution >= 0.6 is 43.2 Å². The fraction of sp³-hybridized carbons (Fsp3) is 0.603. The average molecular weight is 1400 g/mol. The van der Waals surface area contributed by atoms with E-state index >= 15 is 0 Å². The summed E-state index contributed by atoms with van der Waals surface area (Å²) in [6.45, 7) is 5.14. The number of unbranched alkanes of at least 4 members (excludes halogenated alkanes) is 1. The number of aliphatic hydroxyl groups excluding tert-OH is 1. The number of H-pyrrole nitrogens is 1. The van der Waals surface area contributed by atoms with Gasteiger partial charge < -0.3 is 95.4 Å². The van der Waals surface area contributed by atoms with Crippen LogP contribution < -0.4 is 75.3 Å². The molecule has 0 spiro atoms. The highest BCUT2D eigenvalue weighted by atomic mass is 33.1. The zero-order valence-corrected chi connectivity index (χ0v) is 56.1. The molecule has 12 atom stereocenters. The summed E-state index contributed by atoms with van der Waals surface area (Å²) in [6.07, 6.45) is 1.71. The van der Waals surface area contributed by atoms with Crippen molar-refractivity contribution in [3.8, 4) is 5.75 Å². The third-order valence-electron chi connectivity index (χ3n) is 15.5. The zero-order valence-electron chi connectivity index (χ0n) is 52.9. The van der Waals surface area contributed by atoms with Crippen LogP contribution in [-0.4, -0.2) is 230 Å². The summed E-state index contributed by atoms with van der Waals surface area (Å²) < 4.78 is 0. The van der Waals surface area contributed by atoms with Crippen molar-refractivity contribution in [1.82, 2.24) is 78.7 Å². The van der Waals surface area contributed by atoms with Crippen molar-refractivity contribution in [2.24, 2.45) is 23.3 Å². The molecule has 19 N–H and O–H groups in total. The van der Waals surface area contributed by atoms with Gasteiger partial charge in [-0.05, 0) is 68.2 Å². The summed E-state index contributed by atoms with van der Waals surface area (Å²) in [4.78, 5) is 204. The van der Waals surface area contributed by atoms with Gasteiger partial charge in [-0.3, -0.25) is 67.1 Å². The second-order valence-corrected chi connectivity index (χ2v) is 29.0. The van der Waals surface area contributed by atoms with Crippen molar-refractivity contribution in [2.45, 2.75) is 158 Å². The van der Waals surface area contributed by atoms with Crippen LogP contribution in [0.1, 0.15) is 83.9 Å². The lowest BCUT2D eigenvalue weighted by Gasteiger charge is -2.31. The molecule has 14 amide bonds. The zero-order chi connectivity index (χ0) is 69.5. The number of phenols is 1. The van der Waals surface area contributed by atoms with Gasteiger partial charge in [-0.25, -0.2) is 4.98 Å². The van der Waals surface area contributed by atoms with Gasteiger partial charge in [0.2, 0.25) is 82.7 Å². The van der Waals surface area contributed by atoms with Gasteiger partial charge in [0.15, 0.2) is 0 Å². The van der Waals surface area contributed by atoms with Crippen LogP contribution in [0.15, 0.2) is 36.8 Å². The molecule has 5 heterocycles. The molecule has 2 aromatic rings. The first-order chi connectivity index (χ1) is 45.2. The number of hydrogen-bond donors (Lipinski definition) is 17. The average Bonchev–Trinajstić information content (AvgIpc) is 1.71. The smallest absolute Gasteiger partial charge is 0.246 e. The van der Waals surface area contributed by atoms with E-state index in [9.17, 15) is 77.3 Å². The molecule has 4 fully saturated rings. The number of aliphatic hydroxyl groups is 1. The first kappa shape index (κ1) is 76.2. The number of aromatic amines is 1. The molecule has 0 aliphatic carbocycles. The summed E-state index contributed by atoms with van der Waals surface area (Å²) in [5.74, 6) is -14.3. The fourth-order valence-corrected chi connectivity index (χ4v) is 15.0. The highest BCUT2D eigenvalue weighted by Crippen LogP contribution is 2.27. The normalized spacial score (nSPS) is 26.4. The molecular formula is C58H85N17O16S4. The number of rotatable bonds is 18. The molecule has 0 unspecified atom stereocenters. The number of nitrogens with two attached hydrogens (primary N) is 2. The Morgan fingerprint density at radius 3 is 1.98 bits per heavy atom. The van der Waals surface area contributed by atoms with Crippen molar-refractivity contribution in [2.75, 3.05) is 49.2 Å². The topological polar surface area (TPSA) is 508 Å². The van der Waals surface area contributed by atoms with Crippen LogP contribution in [-0.2, 0) is 80.0 Å². The number of imidazole rings is 1. The molecule has 1 aromatic carbocycles. The molecule has 0 radical (unpaired) electrons. The highest BCUT2D eigenvalue weighted by molar-refractivity contribution is 8.77. The van der Waals surface area contributed by atoms with Crippen LogP contribution in [0.25, 0.3) is 0 Å². The molecule has 4 aliphatic heterocycles. The number of phenolic OH excluding ortho intramolecular Hbond substituents is 1. The van der Waals surface area contributed by atoms with E-state index in [-0.39, 0.29) is 92.1 Å². The SMILES string of the molecule is CC(C)C[C@@H]1NC(=O)[C@@H](CCCCN)NC(=O)[C@H](Cc2ccc(O)cc2)NC(=O)CNC(=O)[C@@H]2CSSC[C@H](NC1=O)C(=O)N[C@@H](Cc1cnc[nH]1)C(=O)N1C[C@H](O)C[C@H]1C(=O)N[C@H](C(N)=O)CSSC[C@H](NC(=O)[C@@H](NC(=O)CNC(=O)[C@@H]1CCC(=O)N1)C(C)C)C(=O)N2. The summed E-state index contributed by atoms with van der Waals surface area (Å²) >= 11 is 0. The minimum absolute atomic E-state index is 0.00266. The van der Waals surface area contributed by atoms with Gasteiger partial charge in [-0.2, -0.15) is 0 Å². The summed E-state index contributed by atoms with van der Waals surface area (Å²) in [5.41, 5.74) is 12.4. The Labute approximate surface area is 563 Å². The Balaban J connectivity index is 1.41. The van der Waals surface area contributed by atoms with Crippen LogP contribution in [0.4, 0.5) is 0 Å². The first-order valence-electron chi connectivity index (χ1n) is 31.0. The minimum atomic E-state index is -1.60. The maximum Gasteiger partial charge on any atom is 0.246 e. The predicted molar refractivity (Wildman–Crippen MR) is 351 cm³/mol. The van der Waals surface area contributed by atoms with E-state index in [4.69, 9.17) is 11.5 Å². The monoisotopic (exact) mass is 1400 g/mol. The molecule has 0 saturated carbocycles. The van der Waals surface area contributed by atoms with E-state index < -0.39 is 175 Å². The molecule has 4 saturated heterocycles. The Kier molecular flexibility index (Phi) is 30.0. The van der Waals surface area contributed by atoms with Gasteiger partial charge in [0.05, 0.1) is 25.5 Å². The number of amides is 14. The van der Waals surface area contributed by atoms with E-state index in [1.807, 2.05) is 0 Å². The predicted octanol–water partition coefficient (Wildman–Crippen LogP) is -5.16. The van der Waals surface area contributed by atoms with Crippen molar-refractivity contribution in [3.05, 3.63) is 48.0 Å². The third-order valence-corrected chi connectivity index (χ3v) is 20.3. The molecular weight excluding hydrogens is 1320 g/mol. The molecule has 6 rings (SSSR count). The second-order valence-electron chi connectivity index (χ2n) is 23.9. The number of aromatic nitrogens is 2. The van der Waals surface area contributed by atoms with E-state index in [2.05, 4.69) is 73.8 Å². The van der Waals surface area contributed by atoms with Crippen molar-refractivity contribution < 1.29 is 77.3 Å². The maximum atomic E-state index is 15.0. The van der Waals surface area contributed by atoms with Gasteiger partial charge in [0, 0.05) is 67.1 Å². The number of benzene rings is 1. The number of aromatic hydroxyl groups is 1. The highest BCUT2D eigenvalue weighted by Gasteiger charge is 2.44. The first-order valence-corrected chi connectivity index (χ1v) is 36.0. The molecule has 4 aliphatic rings. The van der Waals surface area contributed by atoms with Gasteiger partial charge in [0.1, 0.15) is 72.2 Å².